The number of hydrogen-bond donors (Lipinski definition) is 1. The molecule has 2 aromatic carbocycles. The largest absolute Gasteiger partial charge is 0.399 e. The molecule has 0 aliphatic carbocycles. The van der Waals surface area contributed by atoms with Gasteiger partial charge in [-0.2, -0.15) is 0 Å². The van der Waals surface area contributed by atoms with Crippen molar-refractivity contribution >= 4 is 29.1 Å². The van der Waals surface area contributed by atoms with Crippen LogP contribution in [-0.4, -0.2) is 0 Å². The summed E-state index contributed by atoms with van der Waals surface area (Å²) in [5.41, 5.74) is 9.32. The normalized spacial score (nSPS) is 10.6. The van der Waals surface area contributed by atoms with Crippen molar-refractivity contribution in [2.45, 2.75) is 24.0 Å². The van der Waals surface area contributed by atoms with Crippen LogP contribution in [0.25, 0.3) is 0 Å². The lowest BCUT2D eigenvalue weighted by Gasteiger charge is -2.07. The number of aryl methyl sites for hydroxylation is 1. The van der Waals surface area contributed by atoms with E-state index in [1.165, 1.54) is 16.0 Å². The number of halogens is 1. The summed E-state index contributed by atoms with van der Waals surface area (Å²) in [4.78, 5) is 1.23. The summed E-state index contributed by atoms with van der Waals surface area (Å²) in [6, 6.07) is 14.2. The molecule has 94 valence electrons. The Hall–Kier alpha value is -1.12. The van der Waals surface area contributed by atoms with Gasteiger partial charge in [0, 0.05) is 21.4 Å². The second kappa shape index (κ2) is 6.17. The van der Waals surface area contributed by atoms with Crippen LogP contribution in [0.15, 0.2) is 47.4 Å². The van der Waals surface area contributed by atoms with E-state index in [0.717, 1.165) is 22.9 Å². The summed E-state index contributed by atoms with van der Waals surface area (Å²) >= 11 is 7.67. The predicted molar refractivity (Wildman–Crippen MR) is 81.2 cm³/mol. The topological polar surface area (TPSA) is 26.0 Å². The highest BCUT2D eigenvalue weighted by molar-refractivity contribution is 7.98. The molecule has 0 spiro atoms. The molecule has 0 atom stereocenters. The number of nitrogen functional groups attached to an aromatic ring is 1. The summed E-state index contributed by atoms with van der Waals surface area (Å²) in [5.74, 6) is 0.953. The van der Waals surface area contributed by atoms with Gasteiger partial charge in [0.15, 0.2) is 0 Å². The molecular formula is C15H16ClNS. The summed E-state index contributed by atoms with van der Waals surface area (Å²) in [6.45, 7) is 2.13. The fourth-order valence-corrected chi connectivity index (χ4v) is 2.72. The molecule has 0 aromatic heterocycles. The third-order valence-corrected chi connectivity index (χ3v) is 4.14. The van der Waals surface area contributed by atoms with E-state index in [1.807, 2.05) is 42.1 Å². The van der Waals surface area contributed by atoms with Crippen LogP contribution >= 0.6 is 23.4 Å². The molecule has 2 aromatic rings. The minimum Gasteiger partial charge on any atom is -0.399 e. The second-order valence-electron chi connectivity index (χ2n) is 4.13. The van der Waals surface area contributed by atoms with Gasteiger partial charge in [0.2, 0.25) is 0 Å². The van der Waals surface area contributed by atoms with Crippen LogP contribution in [0, 0.1) is 0 Å². The quantitative estimate of drug-likeness (QED) is 0.643. The van der Waals surface area contributed by atoms with Crippen molar-refractivity contribution in [2.75, 3.05) is 5.73 Å². The van der Waals surface area contributed by atoms with Gasteiger partial charge in [-0.3, -0.25) is 0 Å². The Morgan fingerprint density at radius 1 is 1.11 bits per heavy atom. The van der Waals surface area contributed by atoms with Crippen LogP contribution in [0.1, 0.15) is 18.1 Å². The van der Waals surface area contributed by atoms with Gasteiger partial charge in [-0.15, -0.1) is 11.8 Å². The molecule has 0 heterocycles. The molecule has 1 nitrogen and oxygen atoms in total. The van der Waals surface area contributed by atoms with E-state index in [4.69, 9.17) is 17.3 Å². The van der Waals surface area contributed by atoms with Crippen LogP contribution in [-0.2, 0) is 12.2 Å². The van der Waals surface area contributed by atoms with Crippen molar-refractivity contribution in [3.05, 3.63) is 58.6 Å². The predicted octanol–water partition coefficient (Wildman–Crippen LogP) is 4.78. The molecule has 0 saturated carbocycles. The Morgan fingerprint density at radius 3 is 2.50 bits per heavy atom. The Labute approximate surface area is 117 Å². The van der Waals surface area contributed by atoms with Gasteiger partial charge in [0.1, 0.15) is 0 Å². The van der Waals surface area contributed by atoms with Crippen molar-refractivity contribution in [1.82, 2.24) is 0 Å². The van der Waals surface area contributed by atoms with Crippen LogP contribution in [0.5, 0.6) is 0 Å². The molecule has 0 unspecified atom stereocenters. The summed E-state index contributed by atoms with van der Waals surface area (Å²) in [6.07, 6.45) is 0.977. The molecule has 0 aliphatic heterocycles. The number of rotatable bonds is 4. The standard InChI is InChI=1S/C15H16ClNS/c1-2-12-9-11(3-8-15(12)17)10-18-14-6-4-13(16)5-7-14/h3-9H,2,10,17H2,1H3. The smallest absolute Gasteiger partial charge is 0.0406 e. The highest BCUT2D eigenvalue weighted by atomic mass is 35.5. The molecule has 0 radical (unpaired) electrons. The van der Waals surface area contributed by atoms with Gasteiger partial charge < -0.3 is 5.73 Å². The van der Waals surface area contributed by atoms with Crippen molar-refractivity contribution in [2.24, 2.45) is 0 Å². The molecule has 0 saturated heterocycles. The third-order valence-electron chi connectivity index (χ3n) is 2.81. The van der Waals surface area contributed by atoms with Gasteiger partial charge in [0.05, 0.1) is 0 Å². The summed E-state index contributed by atoms with van der Waals surface area (Å²) in [7, 11) is 0. The van der Waals surface area contributed by atoms with Crippen molar-refractivity contribution in [3.8, 4) is 0 Å². The maximum atomic E-state index is 5.90. The maximum absolute atomic E-state index is 5.90. The molecule has 0 amide bonds. The fourth-order valence-electron chi connectivity index (χ4n) is 1.75. The number of anilines is 1. The van der Waals surface area contributed by atoms with E-state index in [0.29, 0.717) is 0 Å². The van der Waals surface area contributed by atoms with Crippen molar-refractivity contribution in [1.29, 1.82) is 0 Å². The molecule has 0 aliphatic rings. The second-order valence-corrected chi connectivity index (χ2v) is 5.61. The van der Waals surface area contributed by atoms with Gasteiger partial charge in [-0.05, 0) is 47.9 Å². The van der Waals surface area contributed by atoms with Crippen molar-refractivity contribution < 1.29 is 0 Å². The minimum atomic E-state index is 0.778. The fraction of sp³-hybridized carbons (Fsp3) is 0.200. The average Bonchev–Trinajstić information content (AvgIpc) is 2.39. The van der Waals surface area contributed by atoms with Gasteiger partial charge >= 0.3 is 0 Å². The monoisotopic (exact) mass is 277 g/mol. The first kappa shape index (κ1) is 13.3. The zero-order valence-corrected chi connectivity index (χ0v) is 11.9. The summed E-state index contributed by atoms with van der Waals surface area (Å²) < 4.78 is 0. The third kappa shape index (κ3) is 3.44. The lowest BCUT2D eigenvalue weighted by atomic mass is 10.1. The van der Waals surface area contributed by atoms with E-state index in [1.54, 1.807) is 0 Å². The zero-order valence-electron chi connectivity index (χ0n) is 10.3. The minimum absolute atomic E-state index is 0.778. The van der Waals surface area contributed by atoms with Crippen LogP contribution in [0.4, 0.5) is 5.69 Å². The van der Waals surface area contributed by atoms with Crippen molar-refractivity contribution in [3.63, 3.8) is 0 Å². The Bertz CT molecular complexity index is 523. The first-order valence-electron chi connectivity index (χ1n) is 5.94. The molecule has 2 N–H and O–H groups in total. The highest BCUT2D eigenvalue weighted by Gasteiger charge is 2.01. The first-order chi connectivity index (χ1) is 8.69. The van der Waals surface area contributed by atoms with E-state index in [2.05, 4.69) is 19.1 Å². The Balaban J connectivity index is 2.04. The van der Waals surface area contributed by atoms with E-state index in [9.17, 15) is 0 Å². The average molecular weight is 278 g/mol. The highest BCUT2D eigenvalue weighted by Crippen LogP contribution is 2.25. The lowest BCUT2D eigenvalue weighted by molar-refractivity contribution is 1.13. The van der Waals surface area contributed by atoms with Gasteiger partial charge in [-0.1, -0.05) is 30.7 Å². The maximum Gasteiger partial charge on any atom is 0.0406 e. The molecule has 2 rings (SSSR count). The van der Waals surface area contributed by atoms with Crippen LogP contribution in [0.3, 0.4) is 0 Å². The molecule has 3 heteroatoms. The van der Waals surface area contributed by atoms with E-state index >= 15 is 0 Å². The van der Waals surface area contributed by atoms with Gasteiger partial charge in [-0.25, -0.2) is 0 Å². The molecule has 0 fully saturated rings. The number of nitrogens with two attached hydrogens (primary N) is 1. The van der Waals surface area contributed by atoms with E-state index in [-0.39, 0.29) is 0 Å². The first-order valence-corrected chi connectivity index (χ1v) is 7.31. The summed E-state index contributed by atoms with van der Waals surface area (Å²) in [5, 5.41) is 0.778. The van der Waals surface area contributed by atoms with Gasteiger partial charge in [0.25, 0.3) is 0 Å². The number of benzene rings is 2. The molecule has 0 bridgehead atoms. The lowest BCUT2D eigenvalue weighted by Crippen LogP contribution is -1.94. The Morgan fingerprint density at radius 2 is 1.83 bits per heavy atom. The zero-order chi connectivity index (χ0) is 13.0. The van der Waals surface area contributed by atoms with E-state index < -0.39 is 0 Å². The Kier molecular flexibility index (Phi) is 4.56. The SMILES string of the molecule is CCc1cc(CSc2ccc(Cl)cc2)ccc1N. The molecule has 18 heavy (non-hydrogen) atoms. The van der Waals surface area contributed by atoms with Crippen LogP contribution < -0.4 is 5.73 Å². The van der Waals surface area contributed by atoms with Crippen LogP contribution in [0.2, 0.25) is 5.02 Å². The number of thioether (sulfide) groups is 1. The number of hydrogen-bond acceptors (Lipinski definition) is 2. The molecular weight excluding hydrogens is 262 g/mol.